The molecule has 2 heterocycles. The van der Waals surface area contributed by atoms with Gasteiger partial charge in [0.25, 0.3) is 0 Å². The minimum absolute atomic E-state index is 0.163. The molecule has 28 heavy (non-hydrogen) atoms. The third kappa shape index (κ3) is 3.40. The van der Waals surface area contributed by atoms with Crippen molar-refractivity contribution in [1.82, 2.24) is 4.31 Å². The van der Waals surface area contributed by atoms with Crippen LogP contribution in [0.25, 0.3) is 0 Å². The van der Waals surface area contributed by atoms with Crippen molar-refractivity contribution in [3.63, 3.8) is 0 Å². The number of halogens is 2. The molecule has 0 radical (unpaired) electrons. The Kier molecular flexibility index (Phi) is 5.11. The second-order valence-electron chi connectivity index (χ2n) is 7.24. The summed E-state index contributed by atoms with van der Waals surface area (Å²) in [6.07, 6.45) is 1.28. The van der Waals surface area contributed by atoms with Crippen molar-refractivity contribution in [2.45, 2.75) is 37.3 Å². The summed E-state index contributed by atoms with van der Waals surface area (Å²) in [5.41, 5.74) is 3.50. The van der Waals surface area contributed by atoms with E-state index >= 15 is 0 Å². The van der Waals surface area contributed by atoms with Crippen molar-refractivity contribution in [1.29, 1.82) is 0 Å². The number of ether oxygens (including phenoxy) is 1. The van der Waals surface area contributed by atoms with Crippen LogP contribution in [0.4, 0.5) is 14.5 Å². The molecule has 0 aliphatic carbocycles. The van der Waals surface area contributed by atoms with Crippen molar-refractivity contribution in [3.8, 4) is 0 Å². The summed E-state index contributed by atoms with van der Waals surface area (Å²) < 4.78 is 59.3. The van der Waals surface area contributed by atoms with Gasteiger partial charge in [-0.25, -0.2) is 17.2 Å². The molecule has 2 aliphatic rings. The van der Waals surface area contributed by atoms with E-state index in [1.54, 1.807) is 0 Å². The number of benzene rings is 2. The fraction of sp³-hybridized carbons (Fsp3) is 0.400. The van der Waals surface area contributed by atoms with Crippen molar-refractivity contribution in [2.24, 2.45) is 0 Å². The molecule has 1 saturated heterocycles. The van der Waals surface area contributed by atoms with E-state index in [0.29, 0.717) is 39.3 Å². The van der Waals surface area contributed by atoms with Gasteiger partial charge >= 0.3 is 0 Å². The molecular weight excluding hydrogens is 386 g/mol. The maximum Gasteiger partial charge on any atom is 0.243 e. The zero-order chi connectivity index (χ0) is 19.9. The molecule has 0 bridgehead atoms. The summed E-state index contributed by atoms with van der Waals surface area (Å²) in [5.74, 6) is -2.22. The summed E-state index contributed by atoms with van der Waals surface area (Å²) in [5, 5.41) is 0. The Hall–Kier alpha value is -2.03. The first kappa shape index (κ1) is 19.3. The highest BCUT2D eigenvalue weighted by Crippen LogP contribution is 2.34. The first-order valence-corrected chi connectivity index (χ1v) is 10.7. The van der Waals surface area contributed by atoms with E-state index in [1.807, 2.05) is 6.07 Å². The van der Waals surface area contributed by atoms with Crippen molar-refractivity contribution in [3.05, 3.63) is 59.2 Å². The zero-order valence-corrected chi connectivity index (χ0v) is 16.4. The number of para-hydroxylation sites is 1. The molecule has 0 amide bonds. The van der Waals surface area contributed by atoms with Crippen LogP contribution in [0.5, 0.6) is 0 Å². The van der Waals surface area contributed by atoms with Crippen LogP contribution in [0.3, 0.4) is 0 Å². The Bertz CT molecular complexity index is 989. The Balaban J connectivity index is 1.51. The van der Waals surface area contributed by atoms with Gasteiger partial charge in [-0.2, -0.15) is 4.31 Å². The smallest absolute Gasteiger partial charge is 0.243 e. The molecule has 5 nitrogen and oxygen atoms in total. The van der Waals surface area contributed by atoms with Crippen LogP contribution in [0.15, 0.2) is 41.3 Å². The summed E-state index contributed by atoms with van der Waals surface area (Å²) in [6, 6.07) is 9.00. The van der Waals surface area contributed by atoms with Gasteiger partial charge in [0.05, 0.1) is 11.5 Å². The fourth-order valence-corrected chi connectivity index (χ4v) is 5.52. The van der Waals surface area contributed by atoms with Crippen LogP contribution in [-0.4, -0.2) is 38.6 Å². The predicted octanol–water partition coefficient (Wildman–Crippen LogP) is 3.42. The van der Waals surface area contributed by atoms with Gasteiger partial charge in [0.2, 0.25) is 10.0 Å². The number of sulfonamides is 1. The van der Waals surface area contributed by atoms with E-state index in [1.165, 1.54) is 15.6 Å². The quantitative estimate of drug-likeness (QED) is 0.781. The van der Waals surface area contributed by atoms with Gasteiger partial charge in [0.1, 0.15) is 6.73 Å². The monoisotopic (exact) mass is 408 g/mol. The van der Waals surface area contributed by atoms with E-state index in [9.17, 15) is 17.2 Å². The number of hydrogen-bond acceptors (Lipinski definition) is 4. The molecule has 150 valence electrons. The van der Waals surface area contributed by atoms with Gasteiger partial charge in [-0.05, 0) is 43.5 Å². The lowest BCUT2D eigenvalue weighted by Gasteiger charge is -2.42. The fourth-order valence-electron chi connectivity index (χ4n) is 4.03. The average Bonchev–Trinajstić information content (AvgIpc) is 2.70. The SMILES string of the molecule is Cc1cccc2c1N(C1CCN(S(=O)(=O)c3ccc(F)c(F)c3)CC1)COC2. The number of anilines is 1. The molecule has 0 spiro atoms. The second kappa shape index (κ2) is 7.42. The standard InChI is InChI=1S/C20H22F2N2O3S/c1-14-3-2-4-15-12-27-13-24(20(14)15)16-7-9-23(10-8-16)28(25,26)17-5-6-18(21)19(22)11-17/h2-6,11,16H,7-10,12-13H2,1H3. The highest BCUT2D eigenvalue weighted by Gasteiger charge is 2.34. The highest BCUT2D eigenvalue weighted by atomic mass is 32.2. The lowest BCUT2D eigenvalue weighted by Crippen LogP contribution is -2.48. The normalized spacial score (nSPS) is 18.9. The molecule has 4 rings (SSSR count). The summed E-state index contributed by atoms with van der Waals surface area (Å²) in [6.45, 7) is 3.78. The highest BCUT2D eigenvalue weighted by molar-refractivity contribution is 7.89. The second-order valence-corrected chi connectivity index (χ2v) is 9.18. The topological polar surface area (TPSA) is 49.9 Å². The van der Waals surface area contributed by atoms with Crippen LogP contribution in [-0.2, 0) is 21.4 Å². The van der Waals surface area contributed by atoms with Crippen molar-refractivity contribution >= 4 is 15.7 Å². The van der Waals surface area contributed by atoms with E-state index in [4.69, 9.17) is 4.74 Å². The predicted molar refractivity (Wildman–Crippen MR) is 101 cm³/mol. The van der Waals surface area contributed by atoms with Crippen LogP contribution < -0.4 is 4.90 Å². The number of aryl methyl sites for hydroxylation is 1. The van der Waals surface area contributed by atoms with E-state index in [2.05, 4.69) is 24.0 Å². The lowest BCUT2D eigenvalue weighted by molar-refractivity contribution is 0.0986. The Morgan fingerprint density at radius 1 is 1.07 bits per heavy atom. The van der Waals surface area contributed by atoms with Crippen LogP contribution in [0.1, 0.15) is 24.0 Å². The van der Waals surface area contributed by atoms with Crippen molar-refractivity contribution < 1.29 is 21.9 Å². The van der Waals surface area contributed by atoms with Gasteiger partial charge in [0.15, 0.2) is 11.6 Å². The zero-order valence-electron chi connectivity index (χ0n) is 15.6. The van der Waals surface area contributed by atoms with E-state index in [0.717, 1.165) is 23.8 Å². The number of fused-ring (bicyclic) bond motifs is 1. The van der Waals surface area contributed by atoms with Crippen LogP contribution in [0.2, 0.25) is 0 Å². The van der Waals surface area contributed by atoms with Crippen LogP contribution >= 0.6 is 0 Å². The number of rotatable bonds is 3. The van der Waals surface area contributed by atoms with Gasteiger partial charge < -0.3 is 9.64 Å². The molecule has 2 aliphatic heterocycles. The third-order valence-electron chi connectivity index (χ3n) is 5.49. The first-order valence-electron chi connectivity index (χ1n) is 9.26. The summed E-state index contributed by atoms with van der Waals surface area (Å²) in [4.78, 5) is 2.00. The van der Waals surface area contributed by atoms with Gasteiger partial charge in [-0.3, -0.25) is 0 Å². The van der Waals surface area contributed by atoms with Crippen molar-refractivity contribution in [2.75, 3.05) is 24.7 Å². The number of nitrogens with zero attached hydrogens (tertiary/aromatic N) is 2. The van der Waals surface area contributed by atoms with Gasteiger partial charge in [0, 0.05) is 30.4 Å². The largest absolute Gasteiger partial charge is 0.356 e. The molecule has 0 atom stereocenters. The Labute approximate surface area is 163 Å². The summed E-state index contributed by atoms with van der Waals surface area (Å²) >= 11 is 0. The maximum absolute atomic E-state index is 13.5. The molecule has 2 aromatic carbocycles. The molecule has 8 heteroatoms. The van der Waals surface area contributed by atoms with E-state index in [-0.39, 0.29) is 10.9 Å². The van der Waals surface area contributed by atoms with Crippen LogP contribution in [0, 0.1) is 18.6 Å². The average molecular weight is 408 g/mol. The molecule has 2 aromatic rings. The first-order chi connectivity index (χ1) is 13.4. The number of piperidine rings is 1. The number of hydrogen-bond donors (Lipinski definition) is 0. The Morgan fingerprint density at radius 2 is 1.82 bits per heavy atom. The lowest BCUT2D eigenvalue weighted by atomic mass is 10.00. The van der Waals surface area contributed by atoms with Gasteiger partial charge in [-0.15, -0.1) is 0 Å². The molecule has 1 fully saturated rings. The van der Waals surface area contributed by atoms with Gasteiger partial charge in [-0.1, -0.05) is 18.2 Å². The third-order valence-corrected chi connectivity index (χ3v) is 7.38. The Morgan fingerprint density at radius 3 is 2.54 bits per heavy atom. The maximum atomic E-state index is 13.5. The molecule has 0 N–H and O–H groups in total. The molecule has 0 aromatic heterocycles. The molecule has 0 saturated carbocycles. The molecule has 0 unspecified atom stereocenters. The summed E-state index contributed by atoms with van der Waals surface area (Å²) in [7, 11) is -3.85. The molecular formula is C20H22F2N2O3S. The van der Waals surface area contributed by atoms with E-state index < -0.39 is 21.7 Å². The minimum atomic E-state index is -3.85. The minimum Gasteiger partial charge on any atom is -0.356 e.